The zero-order valence-corrected chi connectivity index (χ0v) is 27.2. The van der Waals surface area contributed by atoms with Crippen LogP contribution in [0.4, 0.5) is 0 Å². The highest BCUT2D eigenvalue weighted by Crippen LogP contribution is 2.36. The van der Waals surface area contributed by atoms with Gasteiger partial charge in [0.15, 0.2) is 0 Å². The van der Waals surface area contributed by atoms with Crippen LogP contribution in [-0.4, -0.2) is 11.5 Å². The van der Waals surface area contributed by atoms with Crippen LogP contribution in [0.5, 0.6) is 0 Å². The van der Waals surface area contributed by atoms with Gasteiger partial charge in [-0.25, -0.2) is 0 Å². The van der Waals surface area contributed by atoms with E-state index in [1.54, 1.807) is 0 Å². The Labute approximate surface area is 255 Å². The van der Waals surface area contributed by atoms with Gasteiger partial charge in [0.05, 0.1) is 11.1 Å². The normalized spacial score (nSPS) is 11.1. The van der Waals surface area contributed by atoms with E-state index in [2.05, 4.69) is 38.1 Å². The van der Waals surface area contributed by atoms with Gasteiger partial charge in [0, 0.05) is 9.79 Å². The first-order valence-corrected chi connectivity index (χ1v) is 18.4. The van der Waals surface area contributed by atoms with E-state index >= 15 is 0 Å². The number of unbranched alkanes of at least 4 members (excludes halogenated alkanes) is 18. The third-order valence-corrected chi connectivity index (χ3v) is 10.2. The Hall–Kier alpha value is -1.62. The summed E-state index contributed by atoms with van der Waals surface area (Å²) in [6.07, 6.45) is 27.3. The first-order valence-electron chi connectivity index (χ1n) is 16.4. The summed E-state index contributed by atoms with van der Waals surface area (Å²) < 4.78 is 0. The van der Waals surface area contributed by atoms with Crippen LogP contribution in [0.3, 0.4) is 0 Å². The lowest BCUT2D eigenvalue weighted by Crippen LogP contribution is -1.90. The summed E-state index contributed by atoms with van der Waals surface area (Å²) in [5, 5.41) is 21.2. The first kappa shape index (κ1) is 34.6. The molecular formula is C36H54N2S2. The quantitative estimate of drug-likeness (QED) is 0.0918. The molecule has 4 heteroatoms. The number of thioether (sulfide) groups is 2. The highest BCUT2D eigenvalue weighted by molar-refractivity contribution is 8.02. The molecule has 0 amide bonds. The van der Waals surface area contributed by atoms with Crippen LogP contribution < -0.4 is 0 Å². The Morgan fingerprint density at radius 3 is 1.05 bits per heavy atom. The van der Waals surface area contributed by atoms with Gasteiger partial charge < -0.3 is 0 Å². The molecule has 0 aliphatic heterocycles. The van der Waals surface area contributed by atoms with E-state index in [1.165, 1.54) is 138 Å². The van der Waals surface area contributed by atoms with Crippen molar-refractivity contribution in [2.24, 2.45) is 0 Å². The Kier molecular flexibility index (Phi) is 19.9. The maximum absolute atomic E-state index is 9.51. The predicted molar refractivity (Wildman–Crippen MR) is 179 cm³/mol. The highest BCUT2D eigenvalue weighted by atomic mass is 32.2. The lowest BCUT2D eigenvalue weighted by atomic mass is 10.0. The van der Waals surface area contributed by atoms with E-state index in [1.807, 2.05) is 35.7 Å². The first-order chi connectivity index (χ1) is 19.7. The third-order valence-electron chi connectivity index (χ3n) is 7.79. The molecule has 2 aromatic carbocycles. The molecule has 0 atom stereocenters. The van der Waals surface area contributed by atoms with E-state index in [4.69, 9.17) is 0 Å². The summed E-state index contributed by atoms with van der Waals surface area (Å²) in [5.41, 5.74) is 0.956. The van der Waals surface area contributed by atoms with Gasteiger partial charge in [0.1, 0.15) is 12.1 Å². The molecule has 40 heavy (non-hydrogen) atoms. The summed E-state index contributed by atoms with van der Waals surface area (Å²) in [6.45, 7) is 4.56. The molecule has 0 heterocycles. The minimum absolute atomic E-state index is 0.478. The molecule has 0 aromatic heterocycles. The summed E-state index contributed by atoms with van der Waals surface area (Å²) in [6, 6.07) is 12.7. The fraction of sp³-hybridized carbons (Fsp3) is 0.667. The molecule has 2 nitrogen and oxygen atoms in total. The molecule has 0 aliphatic carbocycles. The lowest BCUT2D eigenvalue weighted by molar-refractivity contribution is 0.563. The van der Waals surface area contributed by atoms with Gasteiger partial charge in [0.25, 0.3) is 0 Å². The number of rotatable bonds is 24. The molecule has 0 fully saturated rings. The van der Waals surface area contributed by atoms with Gasteiger partial charge in [-0.2, -0.15) is 10.5 Å². The molecule has 0 saturated carbocycles. The molecule has 0 bridgehead atoms. The average Bonchev–Trinajstić information content (AvgIpc) is 2.97. The molecule has 2 rings (SSSR count). The number of nitriles is 2. The number of hydrogen-bond donors (Lipinski definition) is 0. The van der Waals surface area contributed by atoms with Crippen molar-refractivity contribution in [3.05, 3.63) is 35.4 Å². The van der Waals surface area contributed by atoms with Crippen molar-refractivity contribution >= 4 is 34.3 Å². The lowest BCUT2D eigenvalue weighted by Gasteiger charge is -2.12. The molecule has 0 saturated heterocycles. The van der Waals surface area contributed by atoms with Gasteiger partial charge in [0.2, 0.25) is 0 Å². The van der Waals surface area contributed by atoms with Crippen LogP contribution in [0.15, 0.2) is 34.1 Å². The fourth-order valence-corrected chi connectivity index (χ4v) is 7.58. The van der Waals surface area contributed by atoms with E-state index in [0.29, 0.717) is 11.1 Å². The zero-order valence-electron chi connectivity index (χ0n) is 25.6. The number of nitrogens with zero attached hydrogens (tertiary/aromatic N) is 2. The van der Waals surface area contributed by atoms with Crippen molar-refractivity contribution in [1.29, 1.82) is 10.5 Å². The SMILES string of the molecule is CCCCCCCCCCCCSc1cc2cc(C#N)c(C#N)cc2cc1SCCCCCCCCCCCC. The maximum Gasteiger partial charge on any atom is 0.101 e. The van der Waals surface area contributed by atoms with Crippen molar-refractivity contribution in [2.75, 3.05) is 11.5 Å². The Balaban J connectivity index is 1.83. The topological polar surface area (TPSA) is 47.6 Å². The Morgan fingerprint density at radius 2 is 0.750 bits per heavy atom. The monoisotopic (exact) mass is 578 g/mol. The van der Waals surface area contributed by atoms with Gasteiger partial charge >= 0.3 is 0 Å². The number of hydrogen-bond acceptors (Lipinski definition) is 4. The summed E-state index contributed by atoms with van der Waals surface area (Å²) in [7, 11) is 0. The standard InChI is InChI=1S/C36H54N2S2/c1-3-5-7-9-11-13-15-17-19-21-23-39-35-27-31-25-33(29-37)34(30-38)26-32(31)28-36(35)40-24-22-20-18-16-14-12-10-8-6-4-2/h25-28H,3-24H2,1-2H3. The van der Waals surface area contributed by atoms with Gasteiger partial charge in [-0.05, 0) is 59.4 Å². The molecule has 2 aromatic rings. The molecular weight excluding hydrogens is 525 g/mol. The zero-order chi connectivity index (χ0) is 28.7. The minimum atomic E-state index is 0.478. The predicted octanol–water partition coefficient (Wildman–Crippen LogP) is 12.6. The third kappa shape index (κ3) is 14.3. The van der Waals surface area contributed by atoms with Crippen LogP contribution in [0.25, 0.3) is 10.8 Å². The van der Waals surface area contributed by atoms with Crippen LogP contribution in [0.1, 0.15) is 153 Å². The van der Waals surface area contributed by atoms with E-state index in [0.717, 1.165) is 22.3 Å². The van der Waals surface area contributed by atoms with Gasteiger partial charge in [-0.1, -0.05) is 129 Å². The van der Waals surface area contributed by atoms with E-state index in [9.17, 15) is 10.5 Å². The second kappa shape index (κ2) is 23.0. The van der Waals surface area contributed by atoms with Crippen LogP contribution in [-0.2, 0) is 0 Å². The van der Waals surface area contributed by atoms with E-state index < -0.39 is 0 Å². The molecule has 220 valence electrons. The van der Waals surface area contributed by atoms with Crippen molar-refractivity contribution in [2.45, 2.75) is 152 Å². The molecule has 0 radical (unpaired) electrons. The second-order valence-electron chi connectivity index (χ2n) is 11.3. The van der Waals surface area contributed by atoms with Gasteiger partial charge in [-0.15, -0.1) is 23.5 Å². The molecule has 0 spiro atoms. The average molecular weight is 579 g/mol. The van der Waals surface area contributed by atoms with Crippen molar-refractivity contribution in [3.63, 3.8) is 0 Å². The summed E-state index contributed by atoms with van der Waals surface area (Å²) in [5.74, 6) is 2.30. The number of benzene rings is 2. The van der Waals surface area contributed by atoms with Crippen molar-refractivity contribution < 1.29 is 0 Å². The Morgan fingerprint density at radius 1 is 0.450 bits per heavy atom. The summed E-state index contributed by atoms with van der Waals surface area (Å²) >= 11 is 3.95. The Bertz CT molecular complexity index is 951. The fourth-order valence-electron chi connectivity index (χ4n) is 5.26. The van der Waals surface area contributed by atoms with Crippen LogP contribution in [0.2, 0.25) is 0 Å². The second-order valence-corrected chi connectivity index (χ2v) is 13.6. The van der Waals surface area contributed by atoms with E-state index in [-0.39, 0.29) is 0 Å². The molecule has 0 unspecified atom stereocenters. The van der Waals surface area contributed by atoms with Gasteiger partial charge in [-0.3, -0.25) is 0 Å². The largest absolute Gasteiger partial charge is 0.192 e. The highest BCUT2D eigenvalue weighted by Gasteiger charge is 2.11. The van der Waals surface area contributed by atoms with Crippen molar-refractivity contribution in [1.82, 2.24) is 0 Å². The summed E-state index contributed by atoms with van der Waals surface area (Å²) in [4.78, 5) is 2.68. The smallest absolute Gasteiger partial charge is 0.101 e. The van der Waals surface area contributed by atoms with Crippen molar-refractivity contribution in [3.8, 4) is 12.1 Å². The number of fused-ring (bicyclic) bond motifs is 1. The molecule has 0 aliphatic rings. The van der Waals surface area contributed by atoms with Crippen LogP contribution in [0, 0.1) is 22.7 Å². The maximum atomic E-state index is 9.51. The molecule has 0 N–H and O–H groups in total. The van der Waals surface area contributed by atoms with Crippen LogP contribution >= 0.6 is 23.5 Å². The minimum Gasteiger partial charge on any atom is -0.192 e.